The highest BCUT2D eigenvalue weighted by Gasteiger charge is 2.39. The molecule has 1 N–H and O–H groups in total. The van der Waals surface area contributed by atoms with Gasteiger partial charge in [-0.2, -0.15) is 0 Å². The molecular weight excluding hydrogens is 402 g/mol. The second-order valence-electron chi connectivity index (χ2n) is 8.54. The number of carbonyl (C=O) groups is 2. The van der Waals surface area contributed by atoms with E-state index >= 15 is 0 Å². The maximum absolute atomic E-state index is 13.3. The van der Waals surface area contributed by atoms with E-state index in [9.17, 15) is 9.59 Å². The number of amides is 2. The van der Waals surface area contributed by atoms with Crippen molar-refractivity contribution in [2.45, 2.75) is 33.1 Å². The Labute approximate surface area is 189 Å². The van der Waals surface area contributed by atoms with Crippen molar-refractivity contribution in [2.75, 3.05) is 43.6 Å². The lowest BCUT2D eigenvalue weighted by Crippen LogP contribution is -2.34. The molecule has 6 nitrogen and oxygen atoms in total. The van der Waals surface area contributed by atoms with E-state index in [4.69, 9.17) is 4.74 Å². The quantitative estimate of drug-likeness (QED) is 0.501. The first kappa shape index (κ1) is 22.1. The maximum atomic E-state index is 13.3. The molecule has 1 fully saturated rings. The fourth-order valence-electron chi connectivity index (χ4n) is 4.48. The molecule has 2 heterocycles. The summed E-state index contributed by atoms with van der Waals surface area (Å²) in [5.74, 6) is -0.543. The van der Waals surface area contributed by atoms with Crippen molar-refractivity contribution in [1.82, 2.24) is 4.90 Å². The highest BCUT2D eigenvalue weighted by molar-refractivity contribution is 6.36. The summed E-state index contributed by atoms with van der Waals surface area (Å²) in [6.07, 6.45) is 3.05. The molecule has 1 saturated heterocycles. The van der Waals surface area contributed by atoms with Crippen molar-refractivity contribution in [2.24, 2.45) is 0 Å². The monoisotopic (exact) mass is 433 g/mol. The summed E-state index contributed by atoms with van der Waals surface area (Å²) in [7, 11) is 1.62. The van der Waals surface area contributed by atoms with Crippen LogP contribution >= 0.6 is 0 Å². The Hall–Kier alpha value is -3.12. The number of rotatable bonds is 8. The van der Waals surface area contributed by atoms with Gasteiger partial charge >= 0.3 is 0 Å². The molecule has 0 atom stereocenters. The molecule has 2 aromatic carbocycles. The van der Waals surface area contributed by atoms with E-state index in [0.717, 1.165) is 35.5 Å². The first-order valence-electron chi connectivity index (χ1n) is 11.3. The van der Waals surface area contributed by atoms with Gasteiger partial charge in [0, 0.05) is 44.7 Å². The molecule has 2 aliphatic heterocycles. The first-order chi connectivity index (χ1) is 15.5. The molecule has 32 heavy (non-hydrogen) atoms. The zero-order valence-corrected chi connectivity index (χ0v) is 19.1. The van der Waals surface area contributed by atoms with Crippen LogP contribution in [0.3, 0.4) is 0 Å². The van der Waals surface area contributed by atoms with Crippen molar-refractivity contribution >= 4 is 28.8 Å². The second-order valence-corrected chi connectivity index (χ2v) is 8.54. The van der Waals surface area contributed by atoms with E-state index in [1.165, 1.54) is 23.4 Å². The van der Waals surface area contributed by atoms with Crippen LogP contribution in [0.4, 0.5) is 11.4 Å². The number of benzene rings is 2. The third-order valence-corrected chi connectivity index (χ3v) is 6.16. The Balaban J connectivity index is 1.66. The molecular formula is C26H31N3O3. The van der Waals surface area contributed by atoms with Gasteiger partial charge in [-0.1, -0.05) is 23.8 Å². The van der Waals surface area contributed by atoms with Crippen LogP contribution in [0.5, 0.6) is 0 Å². The first-order valence-corrected chi connectivity index (χ1v) is 11.3. The smallest absolute Gasteiger partial charge is 0.278 e. The van der Waals surface area contributed by atoms with Gasteiger partial charge in [0.15, 0.2) is 0 Å². The van der Waals surface area contributed by atoms with E-state index in [-0.39, 0.29) is 11.8 Å². The van der Waals surface area contributed by atoms with Crippen LogP contribution in [0, 0.1) is 13.8 Å². The van der Waals surface area contributed by atoms with Crippen molar-refractivity contribution in [3.05, 3.63) is 64.9 Å². The van der Waals surface area contributed by atoms with Crippen molar-refractivity contribution < 1.29 is 14.3 Å². The van der Waals surface area contributed by atoms with Gasteiger partial charge in [-0.3, -0.25) is 14.5 Å². The van der Waals surface area contributed by atoms with Crippen LogP contribution in [0.2, 0.25) is 0 Å². The van der Waals surface area contributed by atoms with Gasteiger partial charge in [-0.05, 0) is 68.5 Å². The summed E-state index contributed by atoms with van der Waals surface area (Å²) in [5, 5.41) is 3.27. The summed E-state index contributed by atoms with van der Waals surface area (Å²) in [6.45, 7) is 6.99. The zero-order valence-electron chi connectivity index (χ0n) is 19.1. The molecule has 6 heteroatoms. The highest BCUT2D eigenvalue weighted by atomic mass is 16.5. The molecule has 0 bridgehead atoms. The maximum Gasteiger partial charge on any atom is 0.278 e. The van der Waals surface area contributed by atoms with Crippen LogP contribution in [0.25, 0.3) is 5.57 Å². The molecule has 0 unspecified atom stereocenters. The summed E-state index contributed by atoms with van der Waals surface area (Å²) >= 11 is 0. The average Bonchev–Trinajstić information content (AvgIpc) is 3.39. The fourth-order valence-corrected chi connectivity index (χ4v) is 4.48. The lowest BCUT2D eigenvalue weighted by molar-refractivity contribution is -0.137. The standard InChI is InChI=1S/C26H31N3O3/c1-18-7-12-22(19(2)17-18)23-24(26(31)29(25(23)30)15-6-16-32-3)27-20-8-10-21(11-9-20)28-13-4-5-14-28/h7-12,17,27H,4-6,13-16H2,1-3H3. The Morgan fingerprint density at radius 2 is 1.69 bits per heavy atom. The number of carbonyl (C=O) groups excluding carboxylic acids is 2. The summed E-state index contributed by atoms with van der Waals surface area (Å²) in [6, 6.07) is 14.0. The zero-order chi connectivity index (χ0) is 22.7. The summed E-state index contributed by atoms with van der Waals surface area (Å²) in [4.78, 5) is 30.3. The van der Waals surface area contributed by atoms with E-state index in [2.05, 4.69) is 22.3 Å². The molecule has 168 valence electrons. The van der Waals surface area contributed by atoms with E-state index in [1.807, 2.05) is 44.2 Å². The Morgan fingerprint density at radius 1 is 0.969 bits per heavy atom. The van der Waals surface area contributed by atoms with Gasteiger partial charge in [-0.25, -0.2) is 0 Å². The van der Waals surface area contributed by atoms with Gasteiger partial charge in [0.25, 0.3) is 11.8 Å². The van der Waals surface area contributed by atoms with Gasteiger partial charge in [0.2, 0.25) is 0 Å². The van der Waals surface area contributed by atoms with Crippen LogP contribution in [0.15, 0.2) is 48.2 Å². The van der Waals surface area contributed by atoms with Crippen LogP contribution < -0.4 is 10.2 Å². The SMILES string of the molecule is COCCCN1C(=O)C(Nc2ccc(N3CCCC3)cc2)=C(c2ccc(C)cc2C)C1=O. The molecule has 2 aliphatic rings. The molecule has 4 rings (SSSR count). The topological polar surface area (TPSA) is 61.9 Å². The van der Waals surface area contributed by atoms with Crippen LogP contribution in [0.1, 0.15) is 36.0 Å². The lowest BCUT2D eigenvalue weighted by Gasteiger charge is -2.18. The average molecular weight is 434 g/mol. The number of nitrogens with one attached hydrogen (secondary N) is 1. The number of ether oxygens (including phenoxy) is 1. The number of imide groups is 1. The minimum absolute atomic E-state index is 0.255. The molecule has 2 amide bonds. The minimum atomic E-state index is -0.287. The predicted molar refractivity (Wildman–Crippen MR) is 128 cm³/mol. The van der Waals surface area contributed by atoms with Gasteiger partial charge in [0.1, 0.15) is 5.70 Å². The van der Waals surface area contributed by atoms with Gasteiger partial charge in [-0.15, -0.1) is 0 Å². The van der Waals surface area contributed by atoms with E-state index in [0.29, 0.717) is 30.8 Å². The number of anilines is 2. The summed E-state index contributed by atoms with van der Waals surface area (Å²) < 4.78 is 5.11. The highest BCUT2D eigenvalue weighted by Crippen LogP contribution is 2.33. The van der Waals surface area contributed by atoms with E-state index < -0.39 is 0 Å². The Morgan fingerprint density at radius 3 is 2.34 bits per heavy atom. The van der Waals surface area contributed by atoms with Crippen LogP contribution in [-0.4, -0.2) is 50.1 Å². The molecule has 2 aromatic rings. The normalized spacial score (nSPS) is 16.5. The van der Waals surface area contributed by atoms with Crippen molar-refractivity contribution in [3.8, 4) is 0 Å². The van der Waals surface area contributed by atoms with Crippen molar-refractivity contribution in [1.29, 1.82) is 0 Å². The Kier molecular flexibility index (Phi) is 6.61. The van der Waals surface area contributed by atoms with Gasteiger partial charge < -0.3 is 15.0 Å². The number of nitrogens with zero attached hydrogens (tertiary/aromatic N) is 2. The fraction of sp³-hybridized carbons (Fsp3) is 0.385. The Bertz CT molecular complexity index is 1040. The molecule has 0 saturated carbocycles. The van der Waals surface area contributed by atoms with Crippen LogP contribution in [-0.2, 0) is 14.3 Å². The minimum Gasteiger partial charge on any atom is -0.385 e. The second kappa shape index (κ2) is 9.57. The third kappa shape index (κ3) is 4.41. The summed E-state index contributed by atoms with van der Waals surface area (Å²) in [5.41, 5.74) is 5.65. The number of aryl methyl sites for hydroxylation is 2. The van der Waals surface area contributed by atoms with E-state index in [1.54, 1.807) is 7.11 Å². The molecule has 0 aliphatic carbocycles. The number of methoxy groups -OCH3 is 1. The molecule has 0 radical (unpaired) electrons. The molecule has 0 aromatic heterocycles. The van der Waals surface area contributed by atoms with Crippen molar-refractivity contribution in [3.63, 3.8) is 0 Å². The predicted octanol–water partition coefficient (Wildman–Crippen LogP) is 4.13. The largest absolute Gasteiger partial charge is 0.385 e. The number of hydrogen-bond donors (Lipinski definition) is 1. The van der Waals surface area contributed by atoms with Gasteiger partial charge in [0.05, 0.1) is 5.57 Å². The third-order valence-electron chi connectivity index (χ3n) is 6.16. The number of hydrogen-bond acceptors (Lipinski definition) is 5. The molecule has 0 spiro atoms. The lowest BCUT2D eigenvalue weighted by atomic mass is 9.97.